The lowest BCUT2D eigenvalue weighted by Gasteiger charge is -2.44. The van der Waals surface area contributed by atoms with Crippen molar-refractivity contribution in [2.45, 2.75) is 63.2 Å². The molecule has 0 amide bonds. The summed E-state index contributed by atoms with van der Waals surface area (Å²) in [5.41, 5.74) is 2.99. The summed E-state index contributed by atoms with van der Waals surface area (Å²) in [5.74, 6) is -2.67. The molecule has 0 unspecified atom stereocenters. The van der Waals surface area contributed by atoms with E-state index in [-0.39, 0.29) is 23.7 Å². The maximum absolute atomic E-state index is 15.7. The normalized spacial score (nSPS) is 24.0. The average Bonchev–Trinajstić information content (AvgIpc) is 3.37. The van der Waals surface area contributed by atoms with E-state index in [0.717, 1.165) is 41.2 Å². The molecule has 1 heterocycles. The van der Waals surface area contributed by atoms with Gasteiger partial charge in [-0.3, -0.25) is 4.90 Å². The molecule has 1 N–H and O–H groups in total. The molecular formula is C28H28F3NO2. The molecule has 2 aromatic carbocycles. The number of rotatable bonds is 5. The molecular weight excluding hydrogens is 439 g/mol. The van der Waals surface area contributed by atoms with E-state index in [4.69, 9.17) is 5.11 Å². The third-order valence-electron chi connectivity index (χ3n) is 7.60. The van der Waals surface area contributed by atoms with Crippen molar-refractivity contribution in [1.29, 1.82) is 0 Å². The maximum atomic E-state index is 15.7. The van der Waals surface area contributed by atoms with E-state index in [1.807, 2.05) is 30.0 Å². The van der Waals surface area contributed by atoms with Crippen molar-refractivity contribution in [3.8, 4) is 0 Å². The van der Waals surface area contributed by atoms with Crippen molar-refractivity contribution in [2.75, 3.05) is 6.54 Å². The Morgan fingerprint density at radius 1 is 1.18 bits per heavy atom. The lowest BCUT2D eigenvalue weighted by molar-refractivity contribution is -0.131. The second-order valence-electron chi connectivity index (χ2n) is 9.89. The highest BCUT2D eigenvalue weighted by atomic mass is 19.1. The summed E-state index contributed by atoms with van der Waals surface area (Å²) >= 11 is 0. The monoisotopic (exact) mass is 467 g/mol. The van der Waals surface area contributed by atoms with Crippen LogP contribution in [0.2, 0.25) is 0 Å². The van der Waals surface area contributed by atoms with E-state index < -0.39 is 29.3 Å². The van der Waals surface area contributed by atoms with Crippen LogP contribution in [0.5, 0.6) is 0 Å². The fourth-order valence-corrected chi connectivity index (χ4v) is 6.03. The first-order valence-electron chi connectivity index (χ1n) is 11.9. The molecule has 2 aromatic rings. The average molecular weight is 468 g/mol. The maximum Gasteiger partial charge on any atom is 0.328 e. The quantitative estimate of drug-likeness (QED) is 0.511. The smallest absolute Gasteiger partial charge is 0.328 e. The highest BCUT2D eigenvalue weighted by Gasteiger charge is 2.45. The van der Waals surface area contributed by atoms with E-state index in [9.17, 15) is 4.79 Å². The van der Waals surface area contributed by atoms with Crippen LogP contribution in [-0.4, -0.2) is 34.2 Å². The van der Waals surface area contributed by atoms with E-state index in [0.29, 0.717) is 25.7 Å². The molecule has 6 heteroatoms. The van der Waals surface area contributed by atoms with Gasteiger partial charge in [-0.2, -0.15) is 0 Å². The summed E-state index contributed by atoms with van der Waals surface area (Å²) in [4.78, 5) is 12.8. The first kappa shape index (κ1) is 22.9. The van der Waals surface area contributed by atoms with Crippen LogP contribution < -0.4 is 0 Å². The molecule has 3 aliphatic rings. The molecule has 1 saturated carbocycles. The fourth-order valence-electron chi connectivity index (χ4n) is 6.03. The molecule has 5 rings (SSSR count). The molecule has 1 aliphatic heterocycles. The van der Waals surface area contributed by atoms with E-state index in [1.54, 1.807) is 0 Å². The van der Waals surface area contributed by atoms with Crippen LogP contribution in [0.15, 0.2) is 48.0 Å². The lowest BCUT2D eigenvalue weighted by Crippen LogP contribution is -2.48. The standard InChI is InChI=1S/C28H28F3NO2/c1-17-12-21-20-7-3-2-6-19(20)15-22(21)27(32(17)16-28(31)10-4-5-11-28)26-23(29)13-18(14-24(26)30)8-9-25(33)34/h2-3,6-9,13-14,17,27H,4-5,10-12,15-16H2,1H3,(H,33,34)/b9-8+/t17-,27+/m1/s1. The molecule has 2 atom stereocenters. The van der Waals surface area contributed by atoms with Crippen molar-refractivity contribution in [3.63, 3.8) is 0 Å². The van der Waals surface area contributed by atoms with Crippen molar-refractivity contribution in [3.05, 3.63) is 81.9 Å². The molecule has 2 aliphatic carbocycles. The number of carboxylic acids is 1. The lowest BCUT2D eigenvalue weighted by atomic mass is 9.83. The third kappa shape index (κ3) is 4.09. The molecule has 0 aromatic heterocycles. The molecule has 0 saturated heterocycles. The number of aliphatic carboxylic acids is 1. The number of alkyl halides is 1. The Hall–Kier alpha value is -2.86. The van der Waals surface area contributed by atoms with Crippen LogP contribution in [0.3, 0.4) is 0 Å². The Morgan fingerprint density at radius 3 is 2.53 bits per heavy atom. The highest BCUT2D eigenvalue weighted by molar-refractivity contribution is 5.85. The largest absolute Gasteiger partial charge is 0.478 e. The minimum atomic E-state index is -1.35. The first-order valence-corrected chi connectivity index (χ1v) is 11.9. The zero-order chi connectivity index (χ0) is 24.0. The van der Waals surface area contributed by atoms with Gasteiger partial charge in [-0.15, -0.1) is 0 Å². The number of halogens is 3. The van der Waals surface area contributed by atoms with Gasteiger partial charge in [-0.1, -0.05) is 37.1 Å². The van der Waals surface area contributed by atoms with E-state index >= 15 is 13.2 Å². The number of carboxylic acid groups (broad SMARTS) is 1. The first-order chi connectivity index (χ1) is 16.3. The summed E-state index contributed by atoms with van der Waals surface area (Å²) in [7, 11) is 0. The van der Waals surface area contributed by atoms with Gasteiger partial charge in [0.25, 0.3) is 0 Å². The van der Waals surface area contributed by atoms with Crippen LogP contribution in [0, 0.1) is 11.6 Å². The number of fused-ring (bicyclic) bond motifs is 2. The van der Waals surface area contributed by atoms with E-state index in [2.05, 4.69) is 6.07 Å². The summed E-state index contributed by atoms with van der Waals surface area (Å²) in [6, 6.07) is 9.56. The molecule has 34 heavy (non-hydrogen) atoms. The van der Waals surface area contributed by atoms with Gasteiger partial charge in [0.2, 0.25) is 0 Å². The molecule has 0 bridgehead atoms. The Bertz CT molecular complexity index is 1170. The number of benzene rings is 2. The van der Waals surface area contributed by atoms with Crippen molar-refractivity contribution < 1.29 is 23.1 Å². The van der Waals surface area contributed by atoms with Crippen molar-refractivity contribution >= 4 is 17.6 Å². The highest BCUT2D eigenvalue weighted by Crippen LogP contribution is 2.51. The Balaban J connectivity index is 1.62. The van der Waals surface area contributed by atoms with Crippen LogP contribution in [0.4, 0.5) is 13.2 Å². The van der Waals surface area contributed by atoms with E-state index in [1.165, 1.54) is 18.2 Å². The predicted molar refractivity (Wildman–Crippen MR) is 126 cm³/mol. The van der Waals surface area contributed by atoms with Gasteiger partial charge in [0, 0.05) is 24.2 Å². The molecule has 0 radical (unpaired) electrons. The van der Waals surface area contributed by atoms with Gasteiger partial charge in [0.05, 0.1) is 6.04 Å². The van der Waals surface area contributed by atoms with Gasteiger partial charge < -0.3 is 5.11 Å². The summed E-state index contributed by atoms with van der Waals surface area (Å²) < 4.78 is 46.8. The van der Waals surface area contributed by atoms with Crippen LogP contribution in [0.25, 0.3) is 11.6 Å². The second kappa shape index (κ2) is 8.73. The minimum Gasteiger partial charge on any atom is -0.478 e. The Labute approximate surface area is 197 Å². The van der Waals surface area contributed by atoms with Crippen molar-refractivity contribution in [1.82, 2.24) is 4.90 Å². The fraction of sp³-hybridized carbons (Fsp3) is 0.393. The van der Waals surface area contributed by atoms with Gasteiger partial charge in [0.1, 0.15) is 17.3 Å². The number of hydrogen-bond acceptors (Lipinski definition) is 2. The zero-order valence-electron chi connectivity index (χ0n) is 19.2. The topological polar surface area (TPSA) is 40.5 Å². The SMILES string of the molecule is C[C@@H]1CC2=C(Cc3ccccc32)[C@@H](c2c(F)cc(/C=C/C(=O)O)cc2F)N1CC1(F)CCCC1. The van der Waals surface area contributed by atoms with Gasteiger partial charge in [-0.05, 0) is 78.7 Å². The molecule has 178 valence electrons. The summed E-state index contributed by atoms with van der Waals surface area (Å²) in [6.45, 7) is 2.15. The van der Waals surface area contributed by atoms with Gasteiger partial charge in [-0.25, -0.2) is 18.0 Å². The second-order valence-corrected chi connectivity index (χ2v) is 9.89. The third-order valence-corrected chi connectivity index (χ3v) is 7.60. The minimum absolute atomic E-state index is 0.0825. The number of carbonyl (C=O) groups is 1. The number of hydrogen-bond donors (Lipinski definition) is 1. The molecule has 0 spiro atoms. The van der Waals surface area contributed by atoms with Crippen LogP contribution in [0.1, 0.15) is 67.3 Å². The molecule has 3 nitrogen and oxygen atoms in total. The predicted octanol–water partition coefficient (Wildman–Crippen LogP) is 6.49. The summed E-state index contributed by atoms with van der Waals surface area (Å²) in [6.07, 6.45) is 5.92. The Morgan fingerprint density at radius 2 is 1.85 bits per heavy atom. The Kier molecular flexibility index (Phi) is 5.88. The molecule has 1 fully saturated rings. The van der Waals surface area contributed by atoms with Crippen LogP contribution in [-0.2, 0) is 11.2 Å². The van der Waals surface area contributed by atoms with Gasteiger partial charge in [0.15, 0.2) is 0 Å². The van der Waals surface area contributed by atoms with Crippen LogP contribution >= 0.6 is 0 Å². The number of nitrogens with zero attached hydrogens (tertiary/aromatic N) is 1. The van der Waals surface area contributed by atoms with Gasteiger partial charge >= 0.3 is 5.97 Å². The summed E-state index contributed by atoms with van der Waals surface area (Å²) in [5, 5.41) is 8.86. The van der Waals surface area contributed by atoms with Crippen molar-refractivity contribution in [2.24, 2.45) is 0 Å². The zero-order valence-corrected chi connectivity index (χ0v) is 19.2.